The van der Waals surface area contributed by atoms with Crippen molar-refractivity contribution in [3.8, 4) is 34.1 Å². The van der Waals surface area contributed by atoms with Crippen LogP contribution in [0.4, 0.5) is 0 Å². The van der Waals surface area contributed by atoms with E-state index >= 15 is 0 Å². The van der Waals surface area contributed by atoms with Crippen LogP contribution in [0.15, 0.2) is 45.6 Å². The van der Waals surface area contributed by atoms with Crippen LogP contribution in [0.3, 0.4) is 0 Å². The van der Waals surface area contributed by atoms with Gasteiger partial charge in [0.2, 0.25) is 6.29 Å². The van der Waals surface area contributed by atoms with E-state index in [0.29, 0.717) is 0 Å². The van der Waals surface area contributed by atoms with E-state index < -0.39 is 91.4 Å². The van der Waals surface area contributed by atoms with Gasteiger partial charge in [-0.25, -0.2) is 4.79 Å². The molecule has 5 rings (SSSR count). The molecule has 0 unspecified atom stereocenters. The fraction of sp³-hybridized carbons (Fsp3) is 0.423. The maximum Gasteiger partial charge on any atom is 0.336 e. The lowest BCUT2D eigenvalue weighted by Crippen LogP contribution is -2.60. The zero-order valence-electron chi connectivity index (χ0n) is 21.1. The number of phenolic OH excluding ortho intramolecular Hbond substituents is 3. The van der Waals surface area contributed by atoms with Crippen molar-refractivity contribution in [2.75, 3.05) is 19.8 Å². The Morgan fingerprint density at radius 3 is 2.37 bits per heavy atom. The highest BCUT2D eigenvalue weighted by Crippen LogP contribution is 2.40. The van der Waals surface area contributed by atoms with E-state index in [4.69, 9.17) is 23.4 Å². The topological polar surface area (TPSA) is 249 Å². The number of phenols is 3. The Labute approximate surface area is 230 Å². The molecule has 2 saturated heterocycles. The van der Waals surface area contributed by atoms with Crippen LogP contribution in [0.2, 0.25) is 0 Å². The second kappa shape index (κ2) is 11.1. The molecule has 222 valence electrons. The smallest absolute Gasteiger partial charge is 0.336 e. The van der Waals surface area contributed by atoms with Crippen LogP contribution in [0.1, 0.15) is 0 Å². The first-order chi connectivity index (χ1) is 19.4. The summed E-state index contributed by atoms with van der Waals surface area (Å²) in [6.45, 7) is -1.76. The summed E-state index contributed by atoms with van der Waals surface area (Å²) in [6.07, 6.45) is -11.5. The molecule has 2 aromatic carbocycles. The van der Waals surface area contributed by atoms with Crippen molar-refractivity contribution in [2.24, 2.45) is 0 Å². The summed E-state index contributed by atoms with van der Waals surface area (Å²) >= 11 is 0. The van der Waals surface area contributed by atoms with Gasteiger partial charge in [0.05, 0.1) is 25.2 Å². The Morgan fingerprint density at radius 1 is 0.927 bits per heavy atom. The molecular weight excluding hydrogens is 552 g/mol. The first kappa shape index (κ1) is 29.0. The van der Waals surface area contributed by atoms with Gasteiger partial charge in [0.15, 0.2) is 17.8 Å². The number of benzene rings is 2. The SMILES string of the molecule is O=c1cc(-c2ccc(O)c(O)c2)c2c(O[C@H]3O[C@@H](CO[C@@H]4OC[C@@](O)(CO)[C@@H]4O)[C@H](O)[C@H](O)[C@@H]3O)cc(O)cc2o1. The summed E-state index contributed by atoms with van der Waals surface area (Å²) in [4.78, 5) is 12.3. The highest BCUT2D eigenvalue weighted by molar-refractivity contribution is 5.98. The van der Waals surface area contributed by atoms with E-state index in [2.05, 4.69) is 0 Å². The monoisotopic (exact) mass is 580 g/mol. The van der Waals surface area contributed by atoms with Crippen LogP contribution in [0.25, 0.3) is 22.1 Å². The van der Waals surface area contributed by atoms with Crippen LogP contribution < -0.4 is 10.4 Å². The fourth-order valence-electron chi connectivity index (χ4n) is 4.66. The van der Waals surface area contributed by atoms with Crippen LogP contribution in [0, 0.1) is 0 Å². The van der Waals surface area contributed by atoms with Crippen LogP contribution in [-0.2, 0) is 14.2 Å². The summed E-state index contributed by atoms with van der Waals surface area (Å²) in [5, 5.41) is 91.2. The molecule has 8 atom stereocenters. The highest BCUT2D eigenvalue weighted by Gasteiger charge is 2.50. The van der Waals surface area contributed by atoms with Crippen LogP contribution in [0.5, 0.6) is 23.0 Å². The number of aliphatic hydroxyl groups excluding tert-OH is 5. The predicted molar refractivity (Wildman–Crippen MR) is 134 cm³/mol. The van der Waals surface area contributed by atoms with Gasteiger partial charge >= 0.3 is 5.63 Å². The third kappa shape index (κ3) is 5.42. The molecule has 2 fully saturated rings. The summed E-state index contributed by atoms with van der Waals surface area (Å²) < 4.78 is 27.2. The average Bonchev–Trinajstić information content (AvgIpc) is 3.22. The highest BCUT2D eigenvalue weighted by atomic mass is 16.7. The van der Waals surface area contributed by atoms with Gasteiger partial charge in [0, 0.05) is 23.8 Å². The lowest BCUT2D eigenvalue weighted by atomic mass is 9.98. The molecule has 3 heterocycles. The Balaban J connectivity index is 1.45. The number of aromatic hydroxyl groups is 3. The summed E-state index contributed by atoms with van der Waals surface area (Å²) in [7, 11) is 0. The van der Waals surface area contributed by atoms with Crippen molar-refractivity contribution in [3.05, 3.63) is 46.8 Å². The van der Waals surface area contributed by atoms with Crippen molar-refractivity contribution in [1.82, 2.24) is 0 Å². The number of ether oxygens (including phenoxy) is 4. The molecule has 0 amide bonds. The first-order valence-corrected chi connectivity index (χ1v) is 12.4. The average molecular weight is 580 g/mol. The zero-order chi connectivity index (χ0) is 29.6. The van der Waals surface area contributed by atoms with Gasteiger partial charge in [0.1, 0.15) is 53.2 Å². The van der Waals surface area contributed by atoms with Crippen molar-refractivity contribution >= 4 is 11.0 Å². The van der Waals surface area contributed by atoms with Gasteiger partial charge in [-0.1, -0.05) is 6.07 Å². The minimum Gasteiger partial charge on any atom is -0.508 e. The number of aliphatic hydroxyl groups is 6. The molecule has 15 heteroatoms. The molecule has 3 aromatic rings. The molecule has 0 saturated carbocycles. The van der Waals surface area contributed by atoms with Gasteiger partial charge in [-0.2, -0.15) is 0 Å². The normalized spacial score (nSPS) is 31.9. The lowest BCUT2D eigenvalue weighted by Gasteiger charge is -2.40. The van der Waals surface area contributed by atoms with Crippen molar-refractivity contribution in [2.45, 2.75) is 48.7 Å². The maximum atomic E-state index is 12.3. The Morgan fingerprint density at radius 2 is 1.68 bits per heavy atom. The number of fused-ring (bicyclic) bond motifs is 1. The molecule has 0 spiro atoms. The van der Waals surface area contributed by atoms with Gasteiger partial charge in [-0.3, -0.25) is 0 Å². The van der Waals surface area contributed by atoms with Gasteiger partial charge < -0.3 is 69.3 Å². The minimum atomic E-state index is -1.96. The maximum absolute atomic E-state index is 12.3. The first-order valence-electron chi connectivity index (χ1n) is 12.4. The van der Waals surface area contributed by atoms with E-state index in [1.165, 1.54) is 18.2 Å². The van der Waals surface area contributed by atoms with Gasteiger partial charge in [-0.15, -0.1) is 0 Å². The summed E-state index contributed by atoms with van der Waals surface area (Å²) in [5.41, 5.74) is -2.53. The van der Waals surface area contributed by atoms with E-state index in [0.717, 1.165) is 18.2 Å². The van der Waals surface area contributed by atoms with Crippen LogP contribution >= 0.6 is 0 Å². The molecule has 0 bridgehead atoms. The van der Waals surface area contributed by atoms with E-state index in [1.807, 2.05) is 0 Å². The number of hydrogen-bond donors (Lipinski definition) is 9. The molecule has 9 N–H and O–H groups in total. The molecule has 2 aliphatic heterocycles. The van der Waals surface area contributed by atoms with Crippen molar-refractivity contribution < 1.29 is 69.3 Å². The minimum absolute atomic E-state index is 0.0856. The molecule has 0 radical (unpaired) electrons. The van der Waals surface area contributed by atoms with Crippen molar-refractivity contribution in [1.29, 1.82) is 0 Å². The number of rotatable bonds is 7. The second-order valence-corrected chi connectivity index (χ2v) is 9.85. The van der Waals surface area contributed by atoms with E-state index in [9.17, 15) is 50.8 Å². The third-order valence-electron chi connectivity index (χ3n) is 7.00. The van der Waals surface area contributed by atoms with Gasteiger partial charge in [0.25, 0.3) is 0 Å². The second-order valence-electron chi connectivity index (χ2n) is 9.85. The lowest BCUT2D eigenvalue weighted by molar-refractivity contribution is -0.289. The van der Waals surface area contributed by atoms with E-state index in [-0.39, 0.29) is 27.8 Å². The zero-order valence-corrected chi connectivity index (χ0v) is 21.1. The third-order valence-corrected chi connectivity index (χ3v) is 7.00. The van der Waals surface area contributed by atoms with Crippen LogP contribution in [-0.4, -0.2) is 114 Å². The Kier molecular flexibility index (Phi) is 7.82. The molecule has 41 heavy (non-hydrogen) atoms. The largest absolute Gasteiger partial charge is 0.508 e. The van der Waals surface area contributed by atoms with Crippen molar-refractivity contribution in [3.63, 3.8) is 0 Å². The summed E-state index contributed by atoms with van der Waals surface area (Å²) in [6, 6.07) is 7.08. The fourth-order valence-corrected chi connectivity index (χ4v) is 4.66. The summed E-state index contributed by atoms with van der Waals surface area (Å²) in [5.74, 6) is -1.49. The molecule has 1 aromatic heterocycles. The molecule has 15 nitrogen and oxygen atoms in total. The predicted octanol–water partition coefficient (Wildman–Crippen LogP) is -1.78. The quantitative estimate of drug-likeness (QED) is 0.111. The molecule has 0 aliphatic carbocycles. The molecular formula is C26H28O15. The van der Waals surface area contributed by atoms with E-state index in [1.54, 1.807) is 0 Å². The molecule has 2 aliphatic rings. The Bertz CT molecular complexity index is 1470. The standard InChI is InChI=1S/C26H28O15/c27-8-26(36)9-38-25(23(26)35)37-7-17-20(32)21(33)22(34)24(41-17)40-16-5-11(28)4-15-19(16)12(6-18(31)39-15)10-1-2-13(29)14(30)3-10/h1-6,17,20-25,27-30,32-36H,7-9H2/t17-,20-,21-,22-,23+,24-,25+,26-/m0/s1. The van der Waals surface area contributed by atoms with Gasteiger partial charge in [-0.05, 0) is 17.7 Å². The number of hydrogen-bond acceptors (Lipinski definition) is 15. The Hall–Kier alpha value is -3.51.